The maximum atomic E-state index is 13.0. The highest BCUT2D eigenvalue weighted by Gasteiger charge is 2.36. The summed E-state index contributed by atoms with van der Waals surface area (Å²) in [6.07, 6.45) is 2.08. The van der Waals surface area contributed by atoms with Crippen LogP contribution in [-0.4, -0.2) is 42.6 Å². The van der Waals surface area contributed by atoms with Gasteiger partial charge in [0.25, 0.3) is 0 Å². The van der Waals surface area contributed by atoms with E-state index in [1.165, 1.54) is 5.56 Å². The molecule has 0 spiro atoms. The first kappa shape index (κ1) is 15.8. The van der Waals surface area contributed by atoms with E-state index in [0.717, 1.165) is 12.1 Å². The molecule has 1 aromatic rings. The minimum atomic E-state index is -0.265. The summed E-state index contributed by atoms with van der Waals surface area (Å²) in [5.74, 6) is 0.195. The van der Waals surface area contributed by atoms with Crippen molar-refractivity contribution in [2.45, 2.75) is 39.2 Å². The first-order chi connectivity index (χ1) is 11.1. The van der Waals surface area contributed by atoms with Gasteiger partial charge in [0, 0.05) is 30.7 Å². The number of fused-ring (bicyclic) bond motifs is 1. The fraction of sp³-hybridized carbons (Fsp3) is 0.556. The highest BCUT2D eigenvalue weighted by Crippen LogP contribution is 2.34. The van der Waals surface area contributed by atoms with Gasteiger partial charge in [0.2, 0.25) is 5.91 Å². The molecule has 1 saturated heterocycles. The number of piperidine rings is 1. The number of para-hydroxylation sites is 1. The largest absolute Gasteiger partial charge is 0.450 e. The fourth-order valence-electron chi connectivity index (χ4n) is 3.62. The highest BCUT2D eigenvalue weighted by atomic mass is 16.6. The van der Waals surface area contributed by atoms with Crippen LogP contribution in [0.15, 0.2) is 24.3 Å². The van der Waals surface area contributed by atoms with Crippen molar-refractivity contribution in [2.24, 2.45) is 5.92 Å². The molecule has 23 heavy (non-hydrogen) atoms. The standard InChI is InChI=1S/C18H24N2O3/c1-3-23-18(22)19-10-8-14(9-11-19)17(21)20-13(2)12-15-6-4-5-7-16(15)20/h4-7,13-14H,3,8-12H2,1-2H3. The van der Waals surface area contributed by atoms with E-state index >= 15 is 0 Å². The minimum Gasteiger partial charge on any atom is -0.450 e. The van der Waals surface area contributed by atoms with Crippen LogP contribution >= 0.6 is 0 Å². The molecule has 0 N–H and O–H groups in total. The Balaban J connectivity index is 1.65. The van der Waals surface area contributed by atoms with Crippen LogP contribution in [0, 0.1) is 5.92 Å². The Morgan fingerprint density at radius 2 is 1.91 bits per heavy atom. The van der Waals surface area contributed by atoms with Crippen LogP contribution in [0.3, 0.4) is 0 Å². The number of amides is 2. The van der Waals surface area contributed by atoms with E-state index in [1.807, 2.05) is 23.1 Å². The lowest BCUT2D eigenvalue weighted by molar-refractivity contribution is -0.124. The molecule has 1 atom stereocenters. The molecular formula is C18H24N2O3. The van der Waals surface area contributed by atoms with Crippen molar-refractivity contribution in [1.82, 2.24) is 4.90 Å². The number of anilines is 1. The van der Waals surface area contributed by atoms with Crippen molar-refractivity contribution in [3.8, 4) is 0 Å². The van der Waals surface area contributed by atoms with E-state index in [2.05, 4.69) is 13.0 Å². The summed E-state index contributed by atoms with van der Waals surface area (Å²) in [5, 5.41) is 0. The van der Waals surface area contributed by atoms with E-state index < -0.39 is 0 Å². The van der Waals surface area contributed by atoms with Crippen molar-refractivity contribution in [3.63, 3.8) is 0 Å². The quantitative estimate of drug-likeness (QED) is 0.843. The van der Waals surface area contributed by atoms with Crippen molar-refractivity contribution in [1.29, 1.82) is 0 Å². The van der Waals surface area contributed by atoms with Gasteiger partial charge in [-0.2, -0.15) is 0 Å². The minimum absolute atomic E-state index is 0.00529. The predicted molar refractivity (Wildman–Crippen MR) is 88.4 cm³/mol. The number of nitrogens with zero attached hydrogens (tertiary/aromatic N) is 2. The lowest BCUT2D eigenvalue weighted by atomic mass is 9.95. The zero-order valence-electron chi connectivity index (χ0n) is 13.8. The number of carbonyl (C=O) groups is 2. The number of likely N-dealkylation sites (tertiary alicyclic amines) is 1. The average molecular weight is 316 g/mol. The molecular weight excluding hydrogens is 292 g/mol. The summed E-state index contributed by atoms with van der Waals surface area (Å²) in [6.45, 7) is 5.49. The van der Waals surface area contributed by atoms with Gasteiger partial charge in [-0.25, -0.2) is 4.79 Å². The van der Waals surface area contributed by atoms with Gasteiger partial charge in [0.1, 0.15) is 0 Å². The van der Waals surface area contributed by atoms with E-state index in [0.29, 0.717) is 32.5 Å². The van der Waals surface area contributed by atoms with Crippen LogP contribution in [0.2, 0.25) is 0 Å². The van der Waals surface area contributed by atoms with Crippen LogP contribution in [0.5, 0.6) is 0 Å². The van der Waals surface area contributed by atoms with Gasteiger partial charge >= 0.3 is 6.09 Å². The summed E-state index contributed by atoms with van der Waals surface area (Å²) >= 11 is 0. The van der Waals surface area contributed by atoms with Gasteiger partial charge in [0.05, 0.1) is 6.61 Å². The van der Waals surface area contributed by atoms with Gasteiger partial charge < -0.3 is 14.5 Å². The Kier molecular flexibility index (Phi) is 4.55. The zero-order valence-corrected chi connectivity index (χ0v) is 13.8. The predicted octanol–water partition coefficient (Wildman–Crippen LogP) is 2.83. The molecule has 0 radical (unpaired) electrons. The molecule has 3 rings (SSSR count). The topological polar surface area (TPSA) is 49.9 Å². The Bertz CT molecular complexity index is 594. The first-order valence-electron chi connectivity index (χ1n) is 8.44. The summed E-state index contributed by atoms with van der Waals surface area (Å²) in [5.41, 5.74) is 2.30. The van der Waals surface area contributed by atoms with Crippen molar-refractivity contribution in [3.05, 3.63) is 29.8 Å². The molecule has 2 aliphatic rings. The summed E-state index contributed by atoms with van der Waals surface area (Å²) in [7, 11) is 0. The van der Waals surface area contributed by atoms with Crippen molar-refractivity contribution >= 4 is 17.7 Å². The van der Waals surface area contributed by atoms with Crippen LogP contribution in [-0.2, 0) is 16.0 Å². The van der Waals surface area contributed by atoms with Gasteiger partial charge in [0.15, 0.2) is 0 Å². The summed E-state index contributed by atoms with van der Waals surface area (Å²) < 4.78 is 5.03. The van der Waals surface area contributed by atoms with Crippen molar-refractivity contribution in [2.75, 3.05) is 24.6 Å². The molecule has 5 nitrogen and oxygen atoms in total. The maximum absolute atomic E-state index is 13.0. The molecule has 2 amide bonds. The molecule has 2 heterocycles. The molecule has 5 heteroatoms. The second kappa shape index (κ2) is 6.60. The normalized spacial score (nSPS) is 21.2. The third kappa shape index (κ3) is 3.05. The third-order valence-corrected chi connectivity index (χ3v) is 4.81. The van der Waals surface area contributed by atoms with Crippen LogP contribution < -0.4 is 4.90 Å². The van der Waals surface area contributed by atoms with Crippen LogP contribution in [0.4, 0.5) is 10.5 Å². The molecule has 1 aromatic carbocycles. The monoisotopic (exact) mass is 316 g/mol. The molecule has 0 bridgehead atoms. The van der Waals surface area contributed by atoms with Gasteiger partial charge in [-0.15, -0.1) is 0 Å². The zero-order chi connectivity index (χ0) is 16.4. The molecule has 124 valence electrons. The van der Waals surface area contributed by atoms with E-state index in [9.17, 15) is 9.59 Å². The van der Waals surface area contributed by atoms with Crippen molar-refractivity contribution < 1.29 is 14.3 Å². The maximum Gasteiger partial charge on any atom is 0.409 e. The Morgan fingerprint density at radius 3 is 2.61 bits per heavy atom. The Labute approximate surface area is 137 Å². The second-order valence-electron chi connectivity index (χ2n) is 6.35. The molecule has 0 aromatic heterocycles. The van der Waals surface area contributed by atoms with Crippen LogP contribution in [0.25, 0.3) is 0 Å². The molecule has 2 aliphatic heterocycles. The van der Waals surface area contributed by atoms with Crippen LogP contribution in [0.1, 0.15) is 32.3 Å². The van der Waals surface area contributed by atoms with E-state index in [-0.39, 0.29) is 24.0 Å². The summed E-state index contributed by atoms with van der Waals surface area (Å²) in [4.78, 5) is 28.4. The number of hydrogen-bond donors (Lipinski definition) is 0. The molecule has 0 aliphatic carbocycles. The number of benzene rings is 1. The lowest BCUT2D eigenvalue weighted by Crippen LogP contribution is -2.46. The Hall–Kier alpha value is -2.04. The second-order valence-corrected chi connectivity index (χ2v) is 6.35. The molecule has 0 saturated carbocycles. The molecule has 1 fully saturated rings. The van der Waals surface area contributed by atoms with E-state index in [1.54, 1.807) is 11.8 Å². The SMILES string of the molecule is CCOC(=O)N1CCC(C(=O)N2c3ccccc3CC2C)CC1. The number of hydrogen-bond acceptors (Lipinski definition) is 3. The lowest BCUT2D eigenvalue weighted by Gasteiger charge is -2.34. The highest BCUT2D eigenvalue weighted by molar-refractivity contribution is 5.97. The summed E-state index contributed by atoms with van der Waals surface area (Å²) in [6, 6.07) is 8.35. The smallest absolute Gasteiger partial charge is 0.409 e. The number of carbonyl (C=O) groups excluding carboxylic acids is 2. The molecule has 1 unspecified atom stereocenters. The fourth-order valence-corrected chi connectivity index (χ4v) is 3.62. The number of ether oxygens (including phenoxy) is 1. The van der Waals surface area contributed by atoms with Gasteiger partial charge in [-0.3, -0.25) is 4.79 Å². The first-order valence-corrected chi connectivity index (χ1v) is 8.44. The van der Waals surface area contributed by atoms with E-state index in [4.69, 9.17) is 4.74 Å². The number of rotatable bonds is 2. The third-order valence-electron chi connectivity index (χ3n) is 4.81. The van der Waals surface area contributed by atoms with Gasteiger partial charge in [-0.05, 0) is 44.7 Å². The van der Waals surface area contributed by atoms with Gasteiger partial charge in [-0.1, -0.05) is 18.2 Å². The average Bonchev–Trinajstić information content (AvgIpc) is 2.90. The Morgan fingerprint density at radius 1 is 1.22 bits per heavy atom.